The molecule has 5 heteroatoms. The number of amides is 1. The van der Waals surface area contributed by atoms with Gasteiger partial charge in [-0.15, -0.1) is 0 Å². The average Bonchev–Trinajstić information content (AvgIpc) is 2.24. The molecule has 0 atom stereocenters. The summed E-state index contributed by atoms with van der Waals surface area (Å²) in [7, 11) is 0. The van der Waals surface area contributed by atoms with Gasteiger partial charge in [-0.1, -0.05) is 25.3 Å². The Bertz CT molecular complexity index is 254. The summed E-state index contributed by atoms with van der Waals surface area (Å²) in [6.07, 6.45) is 1.72. The van der Waals surface area contributed by atoms with Crippen molar-refractivity contribution in [3.63, 3.8) is 0 Å². The predicted molar refractivity (Wildman–Crippen MR) is 54.8 cm³/mol. The Morgan fingerprint density at radius 1 is 1.25 bits per heavy atom. The molecule has 0 saturated heterocycles. The third-order valence-corrected chi connectivity index (χ3v) is 2.68. The van der Waals surface area contributed by atoms with Crippen molar-refractivity contribution in [3.05, 3.63) is 12.2 Å². The number of carbonyl (C=O) groups excluding carboxylic acids is 1. The number of carbonyl (C=O) groups is 1. The van der Waals surface area contributed by atoms with Gasteiger partial charge in [0.1, 0.15) is 0 Å². The molecule has 1 amide bonds. The van der Waals surface area contributed by atoms with Crippen molar-refractivity contribution in [1.82, 2.24) is 5.32 Å². The Balaban J connectivity index is 2.22. The lowest BCUT2D eigenvalue weighted by Gasteiger charge is -2.20. The van der Waals surface area contributed by atoms with Crippen LogP contribution in [0.5, 0.6) is 0 Å². The highest BCUT2D eigenvalue weighted by Crippen LogP contribution is 2.23. The Labute approximate surface area is 92.9 Å². The summed E-state index contributed by atoms with van der Waals surface area (Å²) in [6, 6.07) is 0. The number of halogens is 3. The van der Waals surface area contributed by atoms with E-state index in [0.29, 0.717) is 0 Å². The molecule has 0 aromatic heterocycles. The second-order valence-corrected chi connectivity index (χ2v) is 4.02. The zero-order valence-electron chi connectivity index (χ0n) is 9.02. The average molecular weight is 235 g/mol. The summed E-state index contributed by atoms with van der Waals surface area (Å²) in [5, 5.41) is 2.50. The van der Waals surface area contributed by atoms with Crippen LogP contribution in [0, 0.1) is 5.92 Å². The van der Waals surface area contributed by atoms with E-state index in [1.54, 1.807) is 0 Å². The summed E-state index contributed by atoms with van der Waals surface area (Å²) < 4.78 is 35.2. The molecule has 0 bridgehead atoms. The van der Waals surface area contributed by atoms with Gasteiger partial charge in [-0.2, -0.15) is 13.2 Å². The Morgan fingerprint density at radius 2 is 1.88 bits per heavy atom. The van der Waals surface area contributed by atoms with Gasteiger partial charge in [-0.25, -0.2) is 0 Å². The molecule has 0 aromatic rings. The maximum Gasteiger partial charge on any atom is 0.409 e. The van der Waals surface area contributed by atoms with Crippen LogP contribution in [0.25, 0.3) is 0 Å². The van der Waals surface area contributed by atoms with Crippen LogP contribution >= 0.6 is 0 Å². The van der Waals surface area contributed by atoms with Crippen LogP contribution in [0.2, 0.25) is 0 Å². The molecule has 16 heavy (non-hydrogen) atoms. The quantitative estimate of drug-likeness (QED) is 0.749. The minimum atomic E-state index is -4.30. The van der Waals surface area contributed by atoms with Crippen LogP contribution in [-0.4, -0.2) is 18.6 Å². The Kier molecular flexibility index (Phi) is 4.83. The van der Waals surface area contributed by atoms with E-state index >= 15 is 0 Å². The first-order chi connectivity index (χ1) is 7.49. The van der Waals surface area contributed by atoms with Crippen molar-refractivity contribution in [2.45, 2.75) is 38.3 Å². The van der Waals surface area contributed by atoms with Gasteiger partial charge in [-0.05, 0) is 12.8 Å². The van der Waals surface area contributed by atoms with Crippen molar-refractivity contribution in [1.29, 1.82) is 0 Å². The maximum absolute atomic E-state index is 11.7. The van der Waals surface area contributed by atoms with Gasteiger partial charge in [-0.3, -0.25) is 4.79 Å². The number of hydrogen-bond donors (Lipinski definition) is 1. The predicted octanol–water partition coefficient (Wildman–Crippen LogP) is 2.80. The minimum Gasteiger partial charge on any atom is -0.352 e. The Morgan fingerprint density at radius 3 is 2.44 bits per heavy atom. The van der Waals surface area contributed by atoms with Gasteiger partial charge < -0.3 is 5.32 Å². The number of hydrogen-bond acceptors (Lipinski definition) is 1. The smallest absolute Gasteiger partial charge is 0.352 e. The molecule has 1 aliphatic rings. The first kappa shape index (κ1) is 13.1. The van der Waals surface area contributed by atoms with Gasteiger partial charge in [0.2, 0.25) is 5.91 Å². The molecule has 0 heterocycles. The topological polar surface area (TPSA) is 29.1 Å². The second kappa shape index (κ2) is 5.92. The van der Waals surface area contributed by atoms with Crippen LogP contribution in [-0.2, 0) is 4.79 Å². The lowest BCUT2D eigenvalue weighted by Crippen LogP contribution is -2.32. The molecule has 2 nitrogen and oxygen atoms in total. The summed E-state index contributed by atoms with van der Waals surface area (Å²) in [4.78, 5) is 11.5. The summed E-state index contributed by atoms with van der Waals surface area (Å²) in [5.41, 5.74) is 0. The van der Waals surface area contributed by atoms with E-state index in [1.165, 1.54) is 0 Å². The molecule has 1 N–H and O–H groups in total. The number of allylic oxidation sites excluding steroid dienone is 1. The Hall–Kier alpha value is -1.00. The van der Waals surface area contributed by atoms with Crippen molar-refractivity contribution in [3.8, 4) is 0 Å². The first-order valence-corrected chi connectivity index (χ1v) is 5.51. The molecule has 1 fully saturated rings. The third kappa shape index (κ3) is 5.19. The molecule has 0 unspecified atom stereocenters. The molecule has 0 aromatic carbocycles. The molecule has 1 aliphatic carbocycles. The van der Waals surface area contributed by atoms with Crippen molar-refractivity contribution in [2.75, 3.05) is 6.54 Å². The van der Waals surface area contributed by atoms with Gasteiger partial charge in [0.05, 0.1) is 0 Å². The van der Waals surface area contributed by atoms with E-state index in [9.17, 15) is 18.0 Å². The third-order valence-electron chi connectivity index (χ3n) is 2.68. The highest BCUT2D eigenvalue weighted by Gasteiger charge is 2.22. The number of nitrogens with one attached hydrogen (secondary N) is 1. The van der Waals surface area contributed by atoms with Crippen LogP contribution in [0.3, 0.4) is 0 Å². The second-order valence-electron chi connectivity index (χ2n) is 4.02. The van der Waals surface area contributed by atoms with Crippen LogP contribution in [0.15, 0.2) is 12.2 Å². The first-order valence-electron chi connectivity index (χ1n) is 5.51. The molecular weight excluding hydrogens is 219 g/mol. The molecule has 0 radical (unpaired) electrons. The van der Waals surface area contributed by atoms with Crippen molar-refractivity contribution < 1.29 is 18.0 Å². The normalized spacial score (nSPS) is 18.9. The zero-order chi connectivity index (χ0) is 12.0. The monoisotopic (exact) mass is 235 g/mol. The van der Waals surface area contributed by atoms with Crippen molar-refractivity contribution in [2.24, 2.45) is 5.92 Å². The van der Waals surface area contributed by atoms with Crippen molar-refractivity contribution >= 4 is 5.91 Å². The fraction of sp³-hybridized carbons (Fsp3) is 0.727. The molecule has 1 rings (SSSR count). The van der Waals surface area contributed by atoms with Gasteiger partial charge >= 0.3 is 6.18 Å². The highest BCUT2D eigenvalue weighted by molar-refractivity contribution is 5.78. The van der Waals surface area contributed by atoms with Crippen LogP contribution < -0.4 is 5.32 Å². The van der Waals surface area contributed by atoms with E-state index in [4.69, 9.17) is 0 Å². The molecule has 92 valence electrons. The van der Waals surface area contributed by atoms with Crippen LogP contribution in [0.1, 0.15) is 32.1 Å². The number of alkyl halides is 3. The maximum atomic E-state index is 11.7. The summed E-state index contributed by atoms with van der Waals surface area (Å²) in [6.45, 7) is -0.0468. The van der Waals surface area contributed by atoms with E-state index in [0.717, 1.165) is 38.2 Å². The molecule has 0 spiro atoms. The zero-order valence-corrected chi connectivity index (χ0v) is 9.02. The molecular formula is C11H16F3NO. The molecule has 1 saturated carbocycles. The SMILES string of the molecule is O=C(NC/C=C/C(F)(F)F)C1CCCCC1. The van der Waals surface area contributed by atoms with Crippen LogP contribution in [0.4, 0.5) is 13.2 Å². The minimum absolute atomic E-state index is 0.00645. The fourth-order valence-corrected chi connectivity index (χ4v) is 1.86. The number of rotatable bonds is 3. The lowest BCUT2D eigenvalue weighted by molar-refractivity contribution is -0.125. The van der Waals surface area contributed by atoms with Gasteiger partial charge in [0.25, 0.3) is 0 Å². The van der Waals surface area contributed by atoms with E-state index in [1.807, 2.05) is 0 Å². The van der Waals surface area contributed by atoms with E-state index < -0.39 is 6.18 Å². The van der Waals surface area contributed by atoms with Gasteiger partial charge in [0, 0.05) is 18.5 Å². The standard InChI is InChI=1S/C11H16F3NO/c12-11(13,14)7-4-8-15-10(16)9-5-2-1-3-6-9/h4,7,9H,1-3,5-6,8H2,(H,15,16)/b7-4+. The van der Waals surface area contributed by atoms with E-state index in [2.05, 4.69) is 5.32 Å². The van der Waals surface area contributed by atoms with E-state index in [-0.39, 0.29) is 24.4 Å². The summed E-state index contributed by atoms with van der Waals surface area (Å²) in [5.74, 6) is -0.125. The largest absolute Gasteiger partial charge is 0.409 e. The lowest BCUT2D eigenvalue weighted by atomic mass is 9.89. The molecule has 0 aliphatic heterocycles. The highest BCUT2D eigenvalue weighted by atomic mass is 19.4. The summed E-state index contributed by atoms with van der Waals surface area (Å²) >= 11 is 0. The fourth-order valence-electron chi connectivity index (χ4n) is 1.86. The van der Waals surface area contributed by atoms with Gasteiger partial charge in [0.15, 0.2) is 0 Å².